The molecule has 2 heterocycles. The lowest BCUT2D eigenvalue weighted by Crippen LogP contribution is -2.63. The molecule has 0 unspecified atom stereocenters. The van der Waals surface area contributed by atoms with Gasteiger partial charge in [0.1, 0.15) is 24.4 Å². The molecule has 2 saturated heterocycles. The van der Waals surface area contributed by atoms with Crippen LogP contribution in [0.15, 0.2) is 182 Å². The monoisotopic (exact) mass is 908 g/mol. The van der Waals surface area contributed by atoms with Gasteiger partial charge in [-0.2, -0.15) is 0 Å². The Morgan fingerprint density at radius 3 is 1.22 bits per heavy atom. The number of hydrogen-bond acceptors (Lipinski definition) is 13. The first kappa shape index (κ1) is 47.0. The maximum absolute atomic E-state index is 14.0. The van der Waals surface area contributed by atoms with Gasteiger partial charge in [-0.25, -0.2) is 14.4 Å². The molecule has 0 bridgehead atoms. The van der Waals surface area contributed by atoms with Crippen molar-refractivity contribution in [2.75, 3.05) is 20.3 Å². The van der Waals surface area contributed by atoms with Crippen molar-refractivity contribution in [2.24, 2.45) is 0 Å². The van der Waals surface area contributed by atoms with Gasteiger partial charge in [-0.05, 0) is 53.1 Å². The largest absolute Gasteiger partial charge is 0.452 e. The van der Waals surface area contributed by atoms with Crippen molar-refractivity contribution >= 4 is 17.9 Å². The molecule has 2 aliphatic rings. The summed E-state index contributed by atoms with van der Waals surface area (Å²) < 4.78 is 63.6. The van der Waals surface area contributed by atoms with Crippen LogP contribution in [0.4, 0.5) is 0 Å². The van der Waals surface area contributed by atoms with E-state index in [1.54, 1.807) is 91.0 Å². The van der Waals surface area contributed by atoms with Crippen molar-refractivity contribution in [3.63, 3.8) is 0 Å². The fourth-order valence-electron chi connectivity index (χ4n) is 7.83. The van der Waals surface area contributed by atoms with Crippen molar-refractivity contribution in [1.82, 2.24) is 0 Å². The summed E-state index contributed by atoms with van der Waals surface area (Å²) >= 11 is 0. The topological polar surface area (TPSA) is 144 Å². The third-order valence-electron chi connectivity index (χ3n) is 11.2. The summed E-state index contributed by atoms with van der Waals surface area (Å²) in [5, 5.41) is 0. The van der Waals surface area contributed by atoms with Gasteiger partial charge in [-0.3, -0.25) is 0 Å². The highest BCUT2D eigenvalue weighted by molar-refractivity contribution is 5.91. The van der Waals surface area contributed by atoms with Crippen molar-refractivity contribution in [3.8, 4) is 0 Å². The maximum Gasteiger partial charge on any atom is 0.338 e. The zero-order valence-electron chi connectivity index (χ0n) is 36.9. The Balaban J connectivity index is 1.11. The average molecular weight is 909 g/mol. The van der Waals surface area contributed by atoms with Gasteiger partial charge < -0.3 is 47.4 Å². The number of carbonyl (C=O) groups excluding carboxylic acids is 3. The second kappa shape index (κ2) is 23.8. The van der Waals surface area contributed by atoms with Gasteiger partial charge in [0.15, 0.2) is 30.9 Å². The lowest BCUT2D eigenvalue weighted by atomic mass is 9.97. The standard InChI is InChI=1S/C54H52O13/c1-58-53-49(67-52(57)42-30-18-7-19-31-42)47(66-51(56)41-28-16-6-17-29-41)46(65-50(55)40-26-14-5-15-27-40)44(63-53)36-62-54-48(61-34-39-24-12-4-13-25-39)45(60-33-38-22-10-3-11-23-38)43(64-54)35-59-32-37-20-8-2-9-21-37/h2-31,43-49,53-54H,32-36H2,1H3/t43-,44+,45-,46+,47-,48+,49-,53-,54+/m0/s1. The third kappa shape index (κ3) is 12.7. The highest BCUT2D eigenvalue weighted by Crippen LogP contribution is 2.34. The molecule has 13 nitrogen and oxygen atoms in total. The van der Waals surface area contributed by atoms with Crippen molar-refractivity contribution in [2.45, 2.75) is 75.1 Å². The van der Waals surface area contributed by atoms with Gasteiger partial charge in [0, 0.05) is 7.11 Å². The quantitative estimate of drug-likeness (QED) is 0.0537. The third-order valence-corrected chi connectivity index (χ3v) is 11.2. The molecule has 0 N–H and O–H groups in total. The summed E-state index contributed by atoms with van der Waals surface area (Å²) in [6.07, 6.45) is -10.1. The van der Waals surface area contributed by atoms with Crippen molar-refractivity contribution in [3.05, 3.63) is 215 Å². The molecule has 0 spiro atoms. The lowest BCUT2D eigenvalue weighted by molar-refractivity contribution is -0.302. The van der Waals surface area contributed by atoms with Crippen LogP contribution in [0.3, 0.4) is 0 Å². The number of ether oxygens (including phenoxy) is 10. The van der Waals surface area contributed by atoms with E-state index in [0.717, 1.165) is 16.7 Å². The van der Waals surface area contributed by atoms with Gasteiger partial charge in [0.25, 0.3) is 0 Å². The molecule has 2 fully saturated rings. The van der Waals surface area contributed by atoms with E-state index in [1.165, 1.54) is 7.11 Å². The van der Waals surface area contributed by atoms with Crippen LogP contribution in [0.25, 0.3) is 0 Å². The second-order valence-electron chi connectivity index (χ2n) is 15.9. The highest BCUT2D eigenvalue weighted by atomic mass is 16.8. The summed E-state index contributed by atoms with van der Waals surface area (Å²) in [5.41, 5.74) is 3.49. The normalized spacial score (nSPS) is 23.5. The van der Waals surface area contributed by atoms with Crippen LogP contribution < -0.4 is 0 Å². The molecule has 9 atom stereocenters. The molecule has 0 radical (unpaired) electrons. The van der Waals surface area contributed by atoms with Crippen LogP contribution in [0.2, 0.25) is 0 Å². The Hall–Kier alpha value is -6.55. The van der Waals surface area contributed by atoms with Crippen LogP contribution in [0.5, 0.6) is 0 Å². The summed E-state index contributed by atoms with van der Waals surface area (Å²) in [6.45, 7) is 0.596. The molecule has 6 aromatic carbocycles. The van der Waals surface area contributed by atoms with E-state index in [2.05, 4.69) is 0 Å². The molecule has 0 aliphatic carbocycles. The summed E-state index contributed by atoms with van der Waals surface area (Å²) in [5.74, 6) is -2.27. The Labute approximate surface area is 389 Å². The fourth-order valence-corrected chi connectivity index (χ4v) is 7.83. The predicted octanol–water partition coefficient (Wildman–Crippen LogP) is 8.16. The molecule has 0 aromatic heterocycles. The average Bonchev–Trinajstić information content (AvgIpc) is 3.72. The first-order valence-electron chi connectivity index (χ1n) is 22.1. The Bertz CT molecular complexity index is 2430. The van der Waals surface area contributed by atoms with E-state index in [0.29, 0.717) is 6.61 Å². The predicted molar refractivity (Wildman–Crippen MR) is 243 cm³/mol. The zero-order chi connectivity index (χ0) is 46.2. The van der Waals surface area contributed by atoms with Crippen LogP contribution in [-0.4, -0.2) is 93.5 Å². The molecule has 8 rings (SSSR count). The molecule has 0 saturated carbocycles. The van der Waals surface area contributed by atoms with Crippen LogP contribution >= 0.6 is 0 Å². The number of methoxy groups -OCH3 is 1. The molecule has 0 amide bonds. The first-order valence-corrected chi connectivity index (χ1v) is 22.1. The molecule has 6 aromatic rings. The maximum atomic E-state index is 14.0. The number of rotatable bonds is 20. The van der Waals surface area contributed by atoms with Crippen molar-refractivity contribution < 1.29 is 61.8 Å². The number of carbonyl (C=O) groups is 3. The van der Waals surface area contributed by atoms with E-state index < -0.39 is 73.2 Å². The minimum absolute atomic E-state index is 0.133. The van der Waals surface area contributed by atoms with Gasteiger partial charge in [0.05, 0.1) is 49.7 Å². The van der Waals surface area contributed by atoms with Gasteiger partial charge in [0.2, 0.25) is 0 Å². The van der Waals surface area contributed by atoms with Gasteiger partial charge in [-0.1, -0.05) is 146 Å². The van der Waals surface area contributed by atoms with Gasteiger partial charge in [-0.15, -0.1) is 0 Å². The van der Waals surface area contributed by atoms with Crippen molar-refractivity contribution in [1.29, 1.82) is 0 Å². The first-order chi connectivity index (χ1) is 32.9. The Kier molecular flexibility index (Phi) is 16.7. The minimum Gasteiger partial charge on any atom is -0.452 e. The zero-order valence-corrected chi connectivity index (χ0v) is 36.9. The molecule has 13 heteroatoms. The van der Waals surface area contributed by atoms with E-state index in [9.17, 15) is 14.4 Å². The van der Waals surface area contributed by atoms with E-state index in [4.69, 9.17) is 47.4 Å². The smallest absolute Gasteiger partial charge is 0.338 e. The minimum atomic E-state index is -1.48. The van der Waals surface area contributed by atoms with Crippen LogP contribution in [0, 0.1) is 0 Å². The second-order valence-corrected chi connectivity index (χ2v) is 15.9. The molecule has 346 valence electrons. The summed E-state index contributed by atoms with van der Waals surface area (Å²) in [7, 11) is 1.36. The number of hydrogen-bond donors (Lipinski definition) is 0. The number of benzene rings is 6. The van der Waals surface area contributed by atoms with E-state index >= 15 is 0 Å². The van der Waals surface area contributed by atoms with Crippen LogP contribution in [0.1, 0.15) is 47.8 Å². The SMILES string of the molecule is CO[C@H]1O[C@H](CO[C@@H]2O[C@@H](COCc3ccccc3)[C@H](OCc3ccccc3)[C@H]2OCc2ccccc2)[C@@H](OC(=O)c2ccccc2)[C@H](OC(=O)c2ccccc2)[C@@H]1OC(=O)c1ccccc1. The summed E-state index contributed by atoms with van der Waals surface area (Å²) in [6, 6.07) is 54.1. The lowest BCUT2D eigenvalue weighted by Gasteiger charge is -2.44. The van der Waals surface area contributed by atoms with E-state index in [1.807, 2.05) is 91.0 Å². The molecule has 2 aliphatic heterocycles. The van der Waals surface area contributed by atoms with Gasteiger partial charge >= 0.3 is 17.9 Å². The fraction of sp³-hybridized carbons (Fsp3) is 0.278. The van der Waals surface area contributed by atoms with Crippen LogP contribution in [-0.2, 0) is 67.2 Å². The molecule has 67 heavy (non-hydrogen) atoms. The van der Waals surface area contributed by atoms with E-state index in [-0.39, 0.29) is 43.1 Å². The number of esters is 3. The Morgan fingerprint density at radius 1 is 0.388 bits per heavy atom. The Morgan fingerprint density at radius 2 is 0.761 bits per heavy atom. The summed E-state index contributed by atoms with van der Waals surface area (Å²) in [4.78, 5) is 41.7. The molecular formula is C54H52O13. The molecular weight excluding hydrogens is 857 g/mol. The highest BCUT2D eigenvalue weighted by Gasteiger charge is 2.54.